The summed E-state index contributed by atoms with van der Waals surface area (Å²) in [6.07, 6.45) is 3.12. The van der Waals surface area contributed by atoms with Crippen molar-refractivity contribution in [3.63, 3.8) is 0 Å². The Morgan fingerprint density at radius 3 is 2.59 bits per heavy atom. The van der Waals surface area contributed by atoms with Crippen molar-refractivity contribution in [3.05, 3.63) is 63.9 Å². The Hall–Kier alpha value is -2.93. The van der Waals surface area contributed by atoms with Crippen LogP contribution in [0.2, 0.25) is 0 Å². The third-order valence-corrected chi connectivity index (χ3v) is 5.18. The van der Waals surface area contributed by atoms with E-state index in [2.05, 4.69) is 23.0 Å². The molecule has 138 valence electrons. The lowest BCUT2D eigenvalue weighted by atomic mass is 10.2. The number of anilines is 1. The summed E-state index contributed by atoms with van der Waals surface area (Å²) in [5.41, 5.74) is 1.81. The number of aryl methyl sites for hydroxylation is 2. The van der Waals surface area contributed by atoms with Gasteiger partial charge >= 0.3 is 0 Å². The molecule has 0 N–H and O–H groups in total. The van der Waals surface area contributed by atoms with E-state index in [1.807, 2.05) is 31.2 Å². The van der Waals surface area contributed by atoms with Gasteiger partial charge in [-0.15, -0.1) is 11.3 Å². The van der Waals surface area contributed by atoms with Crippen LogP contribution in [0, 0.1) is 13.8 Å². The van der Waals surface area contributed by atoms with Crippen molar-refractivity contribution in [1.82, 2.24) is 9.97 Å². The van der Waals surface area contributed by atoms with E-state index in [9.17, 15) is 4.79 Å². The summed E-state index contributed by atoms with van der Waals surface area (Å²) in [5.74, 6) is 1.14. The van der Waals surface area contributed by atoms with Gasteiger partial charge in [0.2, 0.25) is 0 Å². The quantitative estimate of drug-likeness (QED) is 0.688. The van der Waals surface area contributed by atoms with Gasteiger partial charge < -0.3 is 14.4 Å². The monoisotopic (exact) mass is 381 g/mol. The predicted octanol–water partition coefficient (Wildman–Crippen LogP) is 3.77. The van der Waals surface area contributed by atoms with Crippen molar-refractivity contribution in [2.24, 2.45) is 0 Å². The van der Waals surface area contributed by atoms with Crippen molar-refractivity contribution in [2.75, 3.05) is 18.1 Å². The summed E-state index contributed by atoms with van der Waals surface area (Å²) in [4.78, 5) is 25.6. The molecule has 1 amide bonds. The van der Waals surface area contributed by atoms with Crippen LogP contribution in [0.15, 0.2) is 42.7 Å². The fraction of sp³-hybridized carbons (Fsp3) is 0.250. The number of rotatable bonds is 4. The van der Waals surface area contributed by atoms with Crippen LogP contribution in [0.1, 0.15) is 25.9 Å². The van der Waals surface area contributed by atoms with Gasteiger partial charge in [-0.3, -0.25) is 9.78 Å². The second-order valence-electron chi connectivity index (χ2n) is 6.27. The highest BCUT2D eigenvalue weighted by Crippen LogP contribution is 2.35. The third-order valence-electron chi connectivity index (χ3n) is 4.19. The number of nitrogens with zero attached hydrogens (tertiary/aromatic N) is 3. The maximum Gasteiger partial charge on any atom is 0.278 e. The normalized spacial score (nSPS) is 12.7. The smallest absolute Gasteiger partial charge is 0.278 e. The van der Waals surface area contributed by atoms with E-state index < -0.39 is 0 Å². The van der Waals surface area contributed by atoms with E-state index in [0.717, 1.165) is 16.3 Å². The van der Waals surface area contributed by atoms with E-state index in [1.54, 1.807) is 22.4 Å². The zero-order chi connectivity index (χ0) is 18.8. The number of ether oxygens (including phenoxy) is 2. The SMILES string of the molecule is Cc1cnc(C(=O)N(Cc2ccc(C)s2)c2ccc3c(c2)OCCO3)cn1. The molecule has 3 aromatic rings. The zero-order valence-corrected chi connectivity index (χ0v) is 16.0. The number of benzene rings is 1. The summed E-state index contributed by atoms with van der Waals surface area (Å²) < 4.78 is 11.3. The molecule has 0 radical (unpaired) electrons. The van der Waals surface area contributed by atoms with E-state index in [1.165, 1.54) is 11.1 Å². The standard InChI is InChI=1S/C20H19N3O3S/c1-13-10-22-17(11-21-13)20(24)23(12-16-5-3-14(2)27-16)15-4-6-18-19(9-15)26-8-7-25-18/h3-6,9-11H,7-8,12H2,1-2H3. The molecular formula is C20H19N3O3S. The number of amides is 1. The lowest BCUT2D eigenvalue weighted by Gasteiger charge is -2.25. The molecule has 1 aliphatic heterocycles. The minimum Gasteiger partial charge on any atom is -0.486 e. The molecule has 1 aromatic carbocycles. The van der Waals surface area contributed by atoms with E-state index >= 15 is 0 Å². The minimum atomic E-state index is -0.203. The van der Waals surface area contributed by atoms with Crippen molar-refractivity contribution < 1.29 is 14.3 Å². The topological polar surface area (TPSA) is 64.6 Å². The van der Waals surface area contributed by atoms with E-state index in [-0.39, 0.29) is 5.91 Å². The summed E-state index contributed by atoms with van der Waals surface area (Å²) in [7, 11) is 0. The Morgan fingerprint density at radius 2 is 1.89 bits per heavy atom. The Labute approximate surface area is 161 Å². The number of fused-ring (bicyclic) bond motifs is 1. The average molecular weight is 381 g/mol. The fourth-order valence-electron chi connectivity index (χ4n) is 2.85. The summed E-state index contributed by atoms with van der Waals surface area (Å²) in [5, 5.41) is 0. The van der Waals surface area contributed by atoms with Gasteiger partial charge in [-0.2, -0.15) is 0 Å². The fourth-order valence-corrected chi connectivity index (χ4v) is 3.73. The van der Waals surface area contributed by atoms with Crippen LogP contribution >= 0.6 is 11.3 Å². The molecule has 7 heteroatoms. The summed E-state index contributed by atoms with van der Waals surface area (Å²) >= 11 is 1.67. The highest BCUT2D eigenvalue weighted by Gasteiger charge is 2.23. The maximum atomic E-state index is 13.2. The molecule has 3 heterocycles. The number of carbonyl (C=O) groups is 1. The molecule has 0 saturated heterocycles. The average Bonchev–Trinajstić information content (AvgIpc) is 3.11. The van der Waals surface area contributed by atoms with Gasteiger partial charge in [0.25, 0.3) is 5.91 Å². The van der Waals surface area contributed by atoms with Crippen LogP contribution in [0.3, 0.4) is 0 Å². The van der Waals surface area contributed by atoms with Crippen LogP contribution in [0.4, 0.5) is 5.69 Å². The minimum absolute atomic E-state index is 0.203. The summed E-state index contributed by atoms with van der Waals surface area (Å²) in [6, 6.07) is 9.64. The molecular weight excluding hydrogens is 362 g/mol. The largest absolute Gasteiger partial charge is 0.486 e. The molecule has 4 rings (SSSR count). The van der Waals surface area contributed by atoms with Gasteiger partial charge in [0.05, 0.1) is 18.4 Å². The van der Waals surface area contributed by atoms with Gasteiger partial charge in [0, 0.05) is 27.7 Å². The van der Waals surface area contributed by atoms with Crippen LogP contribution in [0.25, 0.3) is 0 Å². The first-order valence-corrected chi connectivity index (χ1v) is 9.47. The molecule has 0 unspecified atom stereocenters. The lowest BCUT2D eigenvalue weighted by Crippen LogP contribution is -2.31. The second kappa shape index (κ2) is 7.36. The highest BCUT2D eigenvalue weighted by molar-refractivity contribution is 7.11. The van der Waals surface area contributed by atoms with Crippen LogP contribution in [0.5, 0.6) is 11.5 Å². The molecule has 1 aliphatic rings. The number of hydrogen-bond acceptors (Lipinski definition) is 6. The summed E-state index contributed by atoms with van der Waals surface area (Å²) in [6.45, 7) is 5.37. The van der Waals surface area contributed by atoms with Crippen LogP contribution < -0.4 is 14.4 Å². The van der Waals surface area contributed by atoms with E-state index in [4.69, 9.17) is 9.47 Å². The molecule has 0 spiro atoms. The number of aromatic nitrogens is 2. The van der Waals surface area contributed by atoms with Crippen LogP contribution in [-0.4, -0.2) is 29.1 Å². The molecule has 6 nitrogen and oxygen atoms in total. The molecule has 2 aromatic heterocycles. The molecule has 0 bridgehead atoms. The maximum absolute atomic E-state index is 13.2. The number of carbonyl (C=O) groups excluding carboxylic acids is 1. The van der Waals surface area contributed by atoms with Crippen molar-refractivity contribution in [2.45, 2.75) is 20.4 Å². The van der Waals surface area contributed by atoms with Gasteiger partial charge in [-0.25, -0.2) is 4.98 Å². The third kappa shape index (κ3) is 3.78. The Balaban J connectivity index is 1.71. The Morgan fingerprint density at radius 1 is 1.07 bits per heavy atom. The number of hydrogen-bond donors (Lipinski definition) is 0. The van der Waals surface area contributed by atoms with Crippen molar-refractivity contribution >= 4 is 22.9 Å². The van der Waals surface area contributed by atoms with Gasteiger partial charge in [0.15, 0.2) is 11.5 Å². The first-order valence-electron chi connectivity index (χ1n) is 8.65. The first-order chi connectivity index (χ1) is 13.1. The molecule has 0 aliphatic carbocycles. The van der Waals surface area contributed by atoms with Gasteiger partial charge in [-0.1, -0.05) is 0 Å². The predicted molar refractivity (Wildman–Crippen MR) is 104 cm³/mol. The van der Waals surface area contributed by atoms with Gasteiger partial charge in [0.1, 0.15) is 18.9 Å². The van der Waals surface area contributed by atoms with Gasteiger partial charge in [-0.05, 0) is 38.1 Å². The number of thiophene rings is 1. The highest BCUT2D eigenvalue weighted by atomic mass is 32.1. The van der Waals surface area contributed by atoms with Crippen molar-refractivity contribution in [3.8, 4) is 11.5 Å². The molecule has 27 heavy (non-hydrogen) atoms. The lowest BCUT2D eigenvalue weighted by molar-refractivity contribution is 0.0980. The second-order valence-corrected chi connectivity index (χ2v) is 7.65. The Kier molecular flexibility index (Phi) is 4.77. The Bertz CT molecular complexity index is 969. The molecule has 0 atom stereocenters. The molecule has 0 saturated carbocycles. The van der Waals surface area contributed by atoms with E-state index in [0.29, 0.717) is 37.0 Å². The van der Waals surface area contributed by atoms with Crippen LogP contribution in [-0.2, 0) is 6.54 Å². The molecule has 0 fully saturated rings. The van der Waals surface area contributed by atoms with Crippen molar-refractivity contribution in [1.29, 1.82) is 0 Å². The zero-order valence-electron chi connectivity index (χ0n) is 15.1. The first kappa shape index (κ1) is 17.5.